The average molecular weight is 342 g/mol. The molecule has 0 saturated heterocycles. The van der Waals surface area contributed by atoms with E-state index < -0.39 is 0 Å². The van der Waals surface area contributed by atoms with Crippen molar-refractivity contribution < 1.29 is 4.79 Å². The van der Waals surface area contributed by atoms with Crippen LogP contribution < -0.4 is 0 Å². The topological polar surface area (TPSA) is 17.1 Å². The van der Waals surface area contributed by atoms with Crippen LogP contribution in [0.4, 0.5) is 0 Å². The van der Waals surface area contributed by atoms with Crippen molar-refractivity contribution in [3.8, 4) is 0 Å². The van der Waals surface area contributed by atoms with E-state index in [1.165, 1.54) is 5.56 Å². The van der Waals surface area contributed by atoms with E-state index >= 15 is 0 Å². The van der Waals surface area contributed by atoms with E-state index in [-0.39, 0.29) is 0 Å². The molecule has 0 radical (unpaired) electrons. The van der Waals surface area contributed by atoms with Crippen LogP contribution in [0.15, 0.2) is 51.8 Å². The number of aldehydes is 1. The fraction of sp³-hybridized carbons (Fsp3) is 0.0714. The van der Waals surface area contributed by atoms with E-state index in [4.69, 9.17) is 11.6 Å². The molecule has 2 aromatic rings. The van der Waals surface area contributed by atoms with Crippen molar-refractivity contribution in [2.45, 2.75) is 10.6 Å². The Kier molecular flexibility index (Phi) is 4.87. The zero-order valence-corrected chi connectivity index (χ0v) is 12.6. The largest absolute Gasteiger partial charge is 0.298 e. The number of halogens is 2. The number of carbonyl (C=O) groups excluding carboxylic acids is 1. The van der Waals surface area contributed by atoms with Gasteiger partial charge in [0.15, 0.2) is 6.29 Å². The van der Waals surface area contributed by atoms with Crippen molar-refractivity contribution in [1.29, 1.82) is 0 Å². The summed E-state index contributed by atoms with van der Waals surface area (Å²) in [7, 11) is 0. The zero-order valence-electron chi connectivity index (χ0n) is 9.40. The Labute approximate surface area is 124 Å². The normalized spacial score (nSPS) is 10.3. The molecule has 2 aromatic carbocycles. The van der Waals surface area contributed by atoms with Crippen molar-refractivity contribution in [2.75, 3.05) is 0 Å². The summed E-state index contributed by atoms with van der Waals surface area (Å²) in [4.78, 5) is 11.8. The lowest BCUT2D eigenvalue weighted by molar-refractivity contribution is 0.112. The molecule has 0 aliphatic carbocycles. The molecule has 0 N–H and O–H groups in total. The maximum Gasteiger partial charge on any atom is 0.151 e. The summed E-state index contributed by atoms with van der Waals surface area (Å²) in [5.41, 5.74) is 1.89. The Balaban J connectivity index is 2.04. The van der Waals surface area contributed by atoms with Gasteiger partial charge in [-0.1, -0.05) is 39.7 Å². The molecule has 92 valence electrons. The Hall–Kier alpha value is -0.770. The average Bonchev–Trinajstić information content (AvgIpc) is 2.38. The Morgan fingerprint density at radius 3 is 2.50 bits per heavy atom. The smallest absolute Gasteiger partial charge is 0.151 e. The molecule has 4 heteroatoms. The van der Waals surface area contributed by atoms with Crippen LogP contribution in [0.1, 0.15) is 15.9 Å². The predicted octanol–water partition coefficient (Wildman–Crippen LogP) is 5.21. The van der Waals surface area contributed by atoms with Gasteiger partial charge >= 0.3 is 0 Å². The van der Waals surface area contributed by atoms with Gasteiger partial charge in [0.2, 0.25) is 0 Å². The number of carbonyl (C=O) groups is 1. The second kappa shape index (κ2) is 6.41. The van der Waals surface area contributed by atoms with Gasteiger partial charge in [0, 0.05) is 25.7 Å². The monoisotopic (exact) mass is 340 g/mol. The van der Waals surface area contributed by atoms with Gasteiger partial charge in [0.1, 0.15) is 0 Å². The van der Waals surface area contributed by atoms with Crippen LogP contribution in [0.2, 0.25) is 5.02 Å². The third-order valence-electron chi connectivity index (χ3n) is 2.42. The maximum atomic E-state index is 10.7. The van der Waals surface area contributed by atoms with E-state index in [2.05, 4.69) is 15.9 Å². The first-order valence-electron chi connectivity index (χ1n) is 5.31. The SMILES string of the molecule is O=Cc1ccc(SCc2ccc(Cl)cc2)cc1Br. The van der Waals surface area contributed by atoms with Gasteiger partial charge in [-0.05, 0) is 35.9 Å². The number of benzene rings is 2. The van der Waals surface area contributed by atoms with Crippen molar-refractivity contribution >= 4 is 45.6 Å². The van der Waals surface area contributed by atoms with E-state index in [1.807, 2.05) is 42.5 Å². The molecule has 0 aliphatic heterocycles. The quantitative estimate of drug-likeness (QED) is 0.561. The molecular weight excluding hydrogens is 332 g/mol. The first-order chi connectivity index (χ1) is 8.69. The zero-order chi connectivity index (χ0) is 13.0. The molecule has 18 heavy (non-hydrogen) atoms. The maximum absolute atomic E-state index is 10.7. The highest BCUT2D eigenvalue weighted by atomic mass is 79.9. The molecule has 0 bridgehead atoms. The van der Waals surface area contributed by atoms with Crippen LogP contribution in [0.5, 0.6) is 0 Å². The third-order valence-corrected chi connectivity index (χ3v) is 4.42. The molecule has 0 atom stereocenters. The predicted molar refractivity (Wildman–Crippen MR) is 80.5 cm³/mol. The molecular formula is C14H10BrClOS. The molecule has 2 rings (SSSR count). The molecule has 0 heterocycles. The second-order valence-electron chi connectivity index (χ2n) is 3.72. The molecule has 0 spiro atoms. The van der Waals surface area contributed by atoms with Gasteiger partial charge in [-0.2, -0.15) is 0 Å². The first-order valence-corrected chi connectivity index (χ1v) is 7.46. The number of rotatable bonds is 4. The summed E-state index contributed by atoms with van der Waals surface area (Å²) >= 11 is 10.9. The first kappa shape index (κ1) is 13.7. The number of thioether (sulfide) groups is 1. The minimum Gasteiger partial charge on any atom is -0.298 e. The molecule has 0 aromatic heterocycles. The van der Waals surface area contributed by atoms with Gasteiger partial charge in [-0.25, -0.2) is 0 Å². The lowest BCUT2D eigenvalue weighted by Crippen LogP contribution is -1.84. The third kappa shape index (κ3) is 3.61. The standard InChI is InChI=1S/C14H10BrClOS/c15-14-7-13(6-3-11(14)8-17)18-9-10-1-4-12(16)5-2-10/h1-8H,9H2. The molecule has 0 aliphatic rings. The molecule has 1 nitrogen and oxygen atoms in total. The van der Waals surface area contributed by atoms with Gasteiger partial charge in [0.25, 0.3) is 0 Å². The van der Waals surface area contributed by atoms with E-state index in [9.17, 15) is 4.79 Å². The van der Waals surface area contributed by atoms with Crippen LogP contribution >= 0.6 is 39.3 Å². The van der Waals surface area contributed by atoms with Crippen molar-refractivity contribution in [3.05, 3.63) is 63.1 Å². The van der Waals surface area contributed by atoms with Crippen LogP contribution in [0, 0.1) is 0 Å². The summed E-state index contributed by atoms with van der Waals surface area (Å²) in [6.45, 7) is 0. The van der Waals surface area contributed by atoms with Crippen molar-refractivity contribution in [3.63, 3.8) is 0 Å². The summed E-state index contributed by atoms with van der Waals surface area (Å²) in [5, 5.41) is 0.752. The second-order valence-corrected chi connectivity index (χ2v) is 6.06. The van der Waals surface area contributed by atoms with Crippen LogP contribution in [0.25, 0.3) is 0 Å². The van der Waals surface area contributed by atoms with Gasteiger partial charge in [-0.3, -0.25) is 4.79 Å². The fourth-order valence-electron chi connectivity index (χ4n) is 1.44. The van der Waals surface area contributed by atoms with Crippen LogP contribution in [-0.2, 0) is 5.75 Å². The Bertz CT molecular complexity index is 554. The van der Waals surface area contributed by atoms with Crippen LogP contribution in [-0.4, -0.2) is 6.29 Å². The van der Waals surface area contributed by atoms with Crippen LogP contribution in [0.3, 0.4) is 0 Å². The Morgan fingerprint density at radius 2 is 1.89 bits per heavy atom. The Morgan fingerprint density at radius 1 is 1.17 bits per heavy atom. The van der Waals surface area contributed by atoms with Crippen molar-refractivity contribution in [2.24, 2.45) is 0 Å². The highest BCUT2D eigenvalue weighted by Crippen LogP contribution is 2.27. The van der Waals surface area contributed by atoms with E-state index in [0.29, 0.717) is 5.56 Å². The summed E-state index contributed by atoms with van der Waals surface area (Å²) < 4.78 is 0.832. The minimum atomic E-state index is 0.672. The molecule has 0 amide bonds. The van der Waals surface area contributed by atoms with E-state index in [0.717, 1.165) is 26.4 Å². The van der Waals surface area contributed by atoms with E-state index in [1.54, 1.807) is 11.8 Å². The fourth-order valence-corrected chi connectivity index (χ4v) is 3.08. The van der Waals surface area contributed by atoms with Gasteiger partial charge < -0.3 is 0 Å². The minimum absolute atomic E-state index is 0.672. The van der Waals surface area contributed by atoms with Crippen molar-refractivity contribution in [1.82, 2.24) is 0 Å². The van der Waals surface area contributed by atoms with Gasteiger partial charge in [0.05, 0.1) is 0 Å². The summed E-state index contributed by atoms with van der Waals surface area (Å²) in [6, 6.07) is 13.6. The molecule has 0 fully saturated rings. The number of hydrogen-bond acceptors (Lipinski definition) is 2. The molecule has 0 saturated carbocycles. The highest BCUT2D eigenvalue weighted by molar-refractivity contribution is 9.10. The highest BCUT2D eigenvalue weighted by Gasteiger charge is 2.01. The number of hydrogen-bond donors (Lipinski definition) is 0. The lowest BCUT2D eigenvalue weighted by Gasteiger charge is -2.04. The summed E-state index contributed by atoms with van der Waals surface area (Å²) in [6.07, 6.45) is 0.845. The van der Waals surface area contributed by atoms with Gasteiger partial charge in [-0.15, -0.1) is 11.8 Å². The summed E-state index contributed by atoms with van der Waals surface area (Å²) in [5.74, 6) is 0.879. The molecule has 0 unspecified atom stereocenters. The lowest BCUT2D eigenvalue weighted by atomic mass is 10.2.